The topological polar surface area (TPSA) is 89.9 Å². The summed E-state index contributed by atoms with van der Waals surface area (Å²) in [7, 11) is 0. The fraction of sp³-hybridized carbons (Fsp3) is 0.318. The van der Waals surface area contributed by atoms with Crippen LogP contribution in [-0.2, 0) is 0 Å². The van der Waals surface area contributed by atoms with Gasteiger partial charge in [0.05, 0.1) is 18.3 Å². The molecule has 0 bridgehead atoms. The molecule has 2 atom stereocenters. The number of halogens is 2. The van der Waals surface area contributed by atoms with Crippen molar-refractivity contribution in [1.29, 1.82) is 0 Å². The number of rotatable bonds is 3. The number of piperidine rings is 1. The van der Waals surface area contributed by atoms with Crippen LogP contribution in [0, 0.1) is 18.6 Å². The minimum absolute atomic E-state index is 0.0435. The molecule has 1 aliphatic heterocycles. The number of nitrogens with zero attached hydrogens (tertiary/aromatic N) is 6. The summed E-state index contributed by atoms with van der Waals surface area (Å²) in [6.07, 6.45) is 4.47. The fourth-order valence-corrected chi connectivity index (χ4v) is 4.06. The van der Waals surface area contributed by atoms with Gasteiger partial charge in [-0.3, -0.25) is 4.79 Å². The average Bonchev–Trinajstić information content (AvgIpc) is 3.47. The Labute approximate surface area is 181 Å². The lowest BCUT2D eigenvalue weighted by Gasteiger charge is -2.37. The highest BCUT2D eigenvalue weighted by Gasteiger charge is 2.35. The first-order chi connectivity index (χ1) is 15.4. The van der Waals surface area contributed by atoms with Crippen LogP contribution in [0.25, 0.3) is 16.8 Å². The van der Waals surface area contributed by atoms with E-state index >= 15 is 0 Å². The second kappa shape index (κ2) is 7.77. The quantitative estimate of drug-likeness (QED) is 0.483. The maximum Gasteiger partial charge on any atom is 0.275 e. The van der Waals surface area contributed by atoms with Gasteiger partial charge in [-0.05, 0) is 51.0 Å². The Morgan fingerprint density at radius 1 is 1.09 bits per heavy atom. The van der Waals surface area contributed by atoms with Gasteiger partial charge in [-0.15, -0.1) is 4.80 Å². The van der Waals surface area contributed by atoms with Crippen molar-refractivity contribution in [2.45, 2.75) is 38.6 Å². The van der Waals surface area contributed by atoms with Gasteiger partial charge in [0.2, 0.25) is 11.7 Å². The van der Waals surface area contributed by atoms with E-state index in [0.717, 1.165) is 6.07 Å². The first-order valence-corrected chi connectivity index (χ1v) is 10.3. The SMILES string of the molecule is Cc1ccc(-n2nccn2)c(C(=O)N2C[C@H](c3nc4ccc(F)c(F)c4o3)CC[C@H]2C)n1. The number of hydrogen-bond acceptors (Lipinski definition) is 6. The second-order valence-corrected chi connectivity index (χ2v) is 7.98. The Bertz CT molecular complexity index is 1300. The molecular formula is C22H20F2N6O2. The zero-order valence-electron chi connectivity index (χ0n) is 17.5. The number of fused-ring (bicyclic) bond motifs is 1. The van der Waals surface area contributed by atoms with E-state index in [4.69, 9.17) is 4.42 Å². The summed E-state index contributed by atoms with van der Waals surface area (Å²) in [6, 6.07) is 5.92. The van der Waals surface area contributed by atoms with Crippen LogP contribution in [0.2, 0.25) is 0 Å². The van der Waals surface area contributed by atoms with Crippen LogP contribution in [0.3, 0.4) is 0 Å². The number of carbonyl (C=O) groups excluding carboxylic acids is 1. The molecule has 0 aliphatic carbocycles. The number of aryl methyl sites for hydroxylation is 1. The largest absolute Gasteiger partial charge is 0.437 e. The first kappa shape index (κ1) is 20.2. The molecule has 1 amide bonds. The zero-order chi connectivity index (χ0) is 22.4. The number of likely N-dealkylation sites (tertiary alicyclic amines) is 1. The molecule has 1 aromatic carbocycles. The predicted octanol–water partition coefficient (Wildman–Crippen LogP) is 3.80. The Balaban J connectivity index is 1.48. The van der Waals surface area contributed by atoms with Crippen molar-refractivity contribution >= 4 is 17.0 Å². The molecule has 0 spiro atoms. The number of pyridine rings is 1. The van der Waals surface area contributed by atoms with E-state index in [1.807, 2.05) is 13.8 Å². The summed E-state index contributed by atoms with van der Waals surface area (Å²) in [5, 5.41) is 8.26. The van der Waals surface area contributed by atoms with Crippen molar-refractivity contribution in [2.24, 2.45) is 0 Å². The Kier molecular flexibility index (Phi) is 4.91. The summed E-state index contributed by atoms with van der Waals surface area (Å²) in [5.41, 5.74) is 1.48. The van der Waals surface area contributed by atoms with Crippen LogP contribution in [0.1, 0.15) is 47.8 Å². The van der Waals surface area contributed by atoms with Gasteiger partial charge in [-0.2, -0.15) is 14.6 Å². The molecule has 4 heterocycles. The van der Waals surface area contributed by atoms with Crippen molar-refractivity contribution in [3.8, 4) is 5.69 Å². The van der Waals surface area contributed by atoms with E-state index in [0.29, 0.717) is 36.7 Å². The zero-order valence-corrected chi connectivity index (χ0v) is 17.5. The van der Waals surface area contributed by atoms with Gasteiger partial charge in [0, 0.05) is 18.3 Å². The van der Waals surface area contributed by atoms with Gasteiger partial charge in [-0.25, -0.2) is 14.4 Å². The third kappa shape index (κ3) is 3.41. The third-order valence-corrected chi connectivity index (χ3v) is 5.81. The van der Waals surface area contributed by atoms with Gasteiger partial charge in [-0.1, -0.05) is 0 Å². The molecule has 0 saturated carbocycles. The summed E-state index contributed by atoms with van der Waals surface area (Å²) in [6.45, 7) is 4.10. The lowest BCUT2D eigenvalue weighted by molar-refractivity contribution is 0.0591. The highest BCUT2D eigenvalue weighted by Crippen LogP contribution is 2.33. The van der Waals surface area contributed by atoms with E-state index < -0.39 is 11.6 Å². The summed E-state index contributed by atoms with van der Waals surface area (Å²) >= 11 is 0. The molecule has 164 valence electrons. The molecule has 3 aromatic heterocycles. The summed E-state index contributed by atoms with van der Waals surface area (Å²) < 4.78 is 33.2. The maximum atomic E-state index is 14.1. The van der Waals surface area contributed by atoms with E-state index in [9.17, 15) is 13.6 Å². The van der Waals surface area contributed by atoms with Gasteiger partial charge >= 0.3 is 0 Å². The lowest BCUT2D eigenvalue weighted by Crippen LogP contribution is -2.45. The number of carbonyl (C=O) groups is 1. The van der Waals surface area contributed by atoms with Crippen molar-refractivity contribution in [3.05, 3.63) is 65.6 Å². The fourth-order valence-electron chi connectivity index (χ4n) is 4.06. The van der Waals surface area contributed by atoms with Crippen LogP contribution in [0.4, 0.5) is 8.78 Å². The molecule has 1 aliphatic rings. The van der Waals surface area contributed by atoms with Crippen molar-refractivity contribution in [1.82, 2.24) is 29.9 Å². The predicted molar refractivity (Wildman–Crippen MR) is 110 cm³/mol. The van der Waals surface area contributed by atoms with Crippen LogP contribution in [0.15, 0.2) is 41.1 Å². The molecule has 8 nitrogen and oxygen atoms in total. The van der Waals surface area contributed by atoms with Gasteiger partial charge in [0.15, 0.2) is 17.1 Å². The highest BCUT2D eigenvalue weighted by molar-refractivity contribution is 5.96. The van der Waals surface area contributed by atoms with Crippen molar-refractivity contribution in [3.63, 3.8) is 0 Å². The molecule has 1 fully saturated rings. The maximum absolute atomic E-state index is 14.1. The van der Waals surface area contributed by atoms with Gasteiger partial charge in [0.25, 0.3) is 5.91 Å². The van der Waals surface area contributed by atoms with E-state index in [-0.39, 0.29) is 34.7 Å². The Hall–Kier alpha value is -3.69. The van der Waals surface area contributed by atoms with Crippen molar-refractivity contribution < 1.29 is 18.0 Å². The first-order valence-electron chi connectivity index (χ1n) is 10.3. The van der Waals surface area contributed by atoms with Crippen molar-refractivity contribution in [2.75, 3.05) is 6.54 Å². The van der Waals surface area contributed by atoms with E-state index in [1.54, 1.807) is 17.0 Å². The standard InChI is InChI=1S/C22H20F2N6O2/c1-12-3-8-17(30-25-9-10-26-30)19(27-12)22(31)29-11-14(5-4-13(29)2)21-28-16-7-6-15(23)18(24)20(16)32-21/h3,6-10,13-14H,4-5,11H2,1-2H3/t13-,14-/m1/s1. The molecule has 0 N–H and O–H groups in total. The van der Waals surface area contributed by atoms with E-state index in [2.05, 4.69) is 20.2 Å². The Morgan fingerprint density at radius 2 is 1.88 bits per heavy atom. The molecule has 1 saturated heterocycles. The molecule has 0 unspecified atom stereocenters. The van der Waals surface area contributed by atoms with Crippen LogP contribution in [0.5, 0.6) is 0 Å². The summed E-state index contributed by atoms with van der Waals surface area (Å²) in [4.78, 5) is 25.5. The average molecular weight is 438 g/mol. The number of hydrogen-bond donors (Lipinski definition) is 0. The highest BCUT2D eigenvalue weighted by atomic mass is 19.2. The molecule has 5 rings (SSSR count). The molecule has 10 heteroatoms. The third-order valence-electron chi connectivity index (χ3n) is 5.81. The smallest absolute Gasteiger partial charge is 0.275 e. The number of benzene rings is 1. The molecule has 0 radical (unpaired) electrons. The minimum atomic E-state index is -1.06. The summed E-state index contributed by atoms with van der Waals surface area (Å²) in [5.74, 6) is -2.26. The minimum Gasteiger partial charge on any atom is -0.437 e. The van der Waals surface area contributed by atoms with Crippen LogP contribution >= 0.6 is 0 Å². The molecule has 32 heavy (non-hydrogen) atoms. The van der Waals surface area contributed by atoms with Gasteiger partial charge < -0.3 is 9.32 Å². The van der Waals surface area contributed by atoms with Gasteiger partial charge in [0.1, 0.15) is 11.2 Å². The van der Waals surface area contributed by atoms with Crippen LogP contribution < -0.4 is 0 Å². The second-order valence-electron chi connectivity index (χ2n) is 7.98. The normalized spacial score (nSPS) is 18.9. The monoisotopic (exact) mass is 438 g/mol. The number of amides is 1. The lowest BCUT2D eigenvalue weighted by atomic mass is 9.93. The van der Waals surface area contributed by atoms with Crippen LogP contribution in [-0.4, -0.2) is 48.4 Å². The van der Waals surface area contributed by atoms with E-state index in [1.165, 1.54) is 23.3 Å². The number of oxazole rings is 1. The Morgan fingerprint density at radius 3 is 2.66 bits per heavy atom. The molecular weight excluding hydrogens is 418 g/mol. The molecule has 4 aromatic rings. The number of aromatic nitrogens is 5.